The maximum atomic E-state index is 11.9. The van der Waals surface area contributed by atoms with Gasteiger partial charge in [-0.1, -0.05) is 0 Å². The third kappa shape index (κ3) is 3.33. The van der Waals surface area contributed by atoms with E-state index in [1.165, 1.54) is 7.11 Å². The Balaban J connectivity index is 1.90. The molecule has 1 fully saturated rings. The first-order chi connectivity index (χ1) is 8.91. The second kappa shape index (κ2) is 5.31. The molecule has 0 bridgehead atoms. The van der Waals surface area contributed by atoms with E-state index in [0.29, 0.717) is 6.61 Å². The lowest BCUT2D eigenvalue weighted by Gasteiger charge is -2.10. The smallest absolute Gasteiger partial charge is 0.313 e. The molecule has 1 aliphatic heterocycles. The molecule has 0 aromatic rings. The maximum Gasteiger partial charge on any atom is 0.313 e. The normalized spacial score (nSPS) is 28.7. The maximum absolute atomic E-state index is 11.9. The summed E-state index contributed by atoms with van der Waals surface area (Å²) < 4.78 is 10.2. The van der Waals surface area contributed by atoms with Crippen LogP contribution in [0.3, 0.4) is 0 Å². The van der Waals surface area contributed by atoms with Crippen molar-refractivity contribution in [3.8, 4) is 0 Å². The van der Waals surface area contributed by atoms with Gasteiger partial charge in [-0.25, -0.2) is 4.99 Å². The highest BCUT2D eigenvalue weighted by Crippen LogP contribution is 2.36. The van der Waals surface area contributed by atoms with Gasteiger partial charge in [0.25, 0.3) is 0 Å². The Morgan fingerprint density at radius 2 is 2.16 bits per heavy atom. The highest BCUT2D eigenvalue weighted by Gasteiger charge is 2.37. The van der Waals surface area contributed by atoms with E-state index in [4.69, 9.17) is 4.74 Å². The fourth-order valence-electron chi connectivity index (χ4n) is 2.68. The summed E-state index contributed by atoms with van der Waals surface area (Å²) in [4.78, 5) is 27.6. The number of esters is 1. The molecule has 0 amide bonds. The van der Waals surface area contributed by atoms with Gasteiger partial charge in [-0.3, -0.25) is 9.59 Å². The van der Waals surface area contributed by atoms with E-state index in [0.717, 1.165) is 25.2 Å². The van der Waals surface area contributed by atoms with E-state index in [2.05, 4.69) is 9.73 Å². The molecule has 1 saturated carbocycles. The molecule has 0 radical (unpaired) electrons. The SMILES string of the molecule is COC(=O)CC(=O)C1CCC(C2=NC(C)(C)CO2)C1. The van der Waals surface area contributed by atoms with Crippen molar-refractivity contribution in [3.05, 3.63) is 0 Å². The topological polar surface area (TPSA) is 65.0 Å². The van der Waals surface area contributed by atoms with Gasteiger partial charge in [0.2, 0.25) is 0 Å². The van der Waals surface area contributed by atoms with Gasteiger partial charge in [-0.05, 0) is 33.1 Å². The average Bonchev–Trinajstić information content (AvgIpc) is 2.95. The molecule has 0 spiro atoms. The number of ether oxygens (including phenoxy) is 2. The van der Waals surface area contributed by atoms with Gasteiger partial charge < -0.3 is 9.47 Å². The van der Waals surface area contributed by atoms with E-state index >= 15 is 0 Å². The summed E-state index contributed by atoms with van der Waals surface area (Å²) >= 11 is 0. The largest absolute Gasteiger partial charge is 0.478 e. The molecule has 0 aromatic carbocycles. The minimum Gasteiger partial charge on any atom is -0.478 e. The van der Waals surface area contributed by atoms with Crippen molar-refractivity contribution in [2.45, 2.75) is 45.1 Å². The van der Waals surface area contributed by atoms with Gasteiger partial charge in [-0.2, -0.15) is 0 Å². The van der Waals surface area contributed by atoms with Gasteiger partial charge in [0.05, 0.1) is 12.6 Å². The Morgan fingerprint density at radius 1 is 1.42 bits per heavy atom. The fourth-order valence-corrected chi connectivity index (χ4v) is 2.68. The summed E-state index contributed by atoms with van der Waals surface area (Å²) in [6.07, 6.45) is 2.34. The predicted octanol–water partition coefficient (Wildman–Crippen LogP) is 1.74. The molecule has 1 heterocycles. The van der Waals surface area contributed by atoms with Gasteiger partial charge >= 0.3 is 5.97 Å². The van der Waals surface area contributed by atoms with Crippen molar-refractivity contribution >= 4 is 17.7 Å². The van der Waals surface area contributed by atoms with Crippen molar-refractivity contribution in [3.63, 3.8) is 0 Å². The fraction of sp³-hybridized carbons (Fsp3) is 0.786. The lowest BCUT2D eigenvalue weighted by molar-refractivity contribution is -0.144. The van der Waals surface area contributed by atoms with Crippen LogP contribution in [0.5, 0.6) is 0 Å². The summed E-state index contributed by atoms with van der Waals surface area (Å²) in [7, 11) is 1.30. The molecular formula is C14H21NO4. The zero-order valence-electron chi connectivity index (χ0n) is 11.8. The van der Waals surface area contributed by atoms with Crippen molar-refractivity contribution in [2.75, 3.05) is 13.7 Å². The summed E-state index contributed by atoms with van der Waals surface area (Å²) in [6, 6.07) is 0. The summed E-state index contributed by atoms with van der Waals surface area (Å²) in [5.41, 5.74) is -0.149. The van der Waals surface area contributed by atoms with Crippen LogP contribution < -0.4 is 0 Å². The number of methoxy groups -OCH3 is 1. The highest BCUT2D eigenvalue weighted by atomic mass is 16.5. The second-order valence-corrected chi connectivity index (χ2v) is 5.98. The number of hydrogen-bond acceptors (Lipinski definition) is 5. The lowest BCUT2D eigenvalue weighted by atomic mass is 9.98. The van der Waals surface area contributed by atoms with E-state index in [9.17, 15) is 9.59 Å². The third-order valence-corrected chi connectivity index (χ3v) is 3.77. The molecular weight excluding hydrogens is 246 g/mol. The van der Waals surface area contributed by atoms with Crippen LogP contribution >= 0.6 is 0 Å². The summed E-state index contributed by atoms with van der Waals surface area (Å²) in [5.74, 6) is 0.488. The van der Waals surface area contributed by atoms with Crippen molar-refractivity contribution in [1.29, 1.82) is 0 Å². The number of rotatable bonds is 4. The Kier molecular flexibility index (Phi) is 3.92. The first-order valence-electron chi connectivity index (χ1n) is 6.73. The van der Waals surface area contributed by atoms with Crippen LogP contribution in [-0.4, -0.2) is 36.9 Å². The lowest BCUT2D eigenvalue weighted by Crippen LogP contribution is -2.18. The van der Waals surface area contributed by atoms with Gasteiger partial charge in [0.1, 0.15) is 18.8 Å². The standard InChI is InChI=1S/C14H21NO4/c1-14(2)8-19-13(15-14)10-5-4-9(6-10)11(16)7-12(17)18-3/h9-10H,4-8H2,1-3H3. The number of ketones is 1. The third-order valence-electron chi connectivity index (χ3n) is 3.77. The van der Waals surface area contributed by atoms with Crippen LogP contribution in [0.2, 0.25) is 0 Å². The quantitative estimate of drug-likeness (QED) is 0.575. The van der Waals surface area contributed by atoms with Crippen LogP contribution in [-0.2, 0) is 19.1 Å². The molecule has 2 aliphatic rings. The Hall–Kier alpha value is -1.39. The molecule has 1 aliphatic carbocycles. The average molecular weight is 267 g/mol. The van der Waals surface area contributed by atoms with E-state index in [1.807, 2.05) is 13.8 Å². The Morgan fingerprint density at radius 3 is 2.74 bits per heavy atom. The van der Waals surface area contributed by atoms with Crippen molar-refractivity contribution in [2.24, 2.45) is 16.8 Å². The van der Waals surface area contributed by atoms with E-state index < -0.39 is 5.97 Å². The van der Waals surface area contributed by atoms with Gasteiger partial charge in [0, 0.05) is 11.8 Å². The van der Waals surface area contributed by atoms with Crippen LogP contribution in [0.1, 0.15) is 39.5 Å². The molecule has 0 saturated heterocycles. The molecule has 2 rings (SSSR count). The number of Topliss-reactive ketones (excluding diaryl/α,β-unsaturated/α-hetero) is 1. The zero-order valence-corrected chi connectivity index (χ0v) is 11.8. The number of carbonyl (C=O) groups is 2. The van der Waals surface area contributed by atoms with E-state index in [1.54, 1.807) is 0 Å². The second-order valence-electron chi connectivity index (χ2n) is 5.98. The molecule has 5 heteroatoms. The molecule has 106 valence electrons. The van der Waals surface area contributed by atoms with E-state index in [-0.39, 0.29) is 29.6 Å². The minimum atomic E-state index is -0.455. The Labute approximate surface area is 113 Å². The molecule has 19 heavy (non-hydrogen) atoms. The molecule has 0 aromatic heterocycles. The predicted molar refractivity (Wildman–Crippen MR) is 69.9 cm³/mol. The molecule has 2 atom stereocenters. The Bertz CT molecular complexity index is 414. The van der Waals surface area contributed by atoms with Gasteiger partial charge in [0.15, 0.2) is 5.90 Å². The number of nitrogens with zero attached hydrogens (tertiary/aromatic N) is 1. The van der Waals surface area contributed by atoms with Crippen LogP contribution in [0.4, 0.5) is 0 Å². The van der Waals surface area contributed by atoms with Crippen LogP contribution in [0.25, 0.3) is 0 Å². The van der Waals surface area contributed by atoms with Crippen molar-refractivity contribution in [1.82, 2.24) is 0 Å². The molecule has 5 nitrogen and oxygen atoms in total. The zero-order chi connectivity index (χ0) is 14.0. The van der Waals surface area contributed by atoms with Gasteiger partial charge in [-0.15, -0.1) is 0 Å². The van der Waals surface area contributed by atoms with Crippen LogP contribution in [0, 0.1) is 11.8 Å². The number of carbonyl (C=O) groups excluding carboxylic acids is 2. The first kappa shape index (κ1) is 14.0. The number of aliphatic imine (C=N–C) groups is 1. The summed E-state index contributed by atoms with van der Waals surface area (Å²) in [5, 5.41) is 0. The molecule has 2 unspecified atom stereocenters. The van der Waals surface area contributed by atoms with Crippen LogP contribution in [0.15, 0.2) is 4.99 Å². The highest BCUT2D eigenvalue weighted by molar-refractivity contribution is 5.97. The first-order valence-corrected chi connectivity index (χ1v) is 6.73. The number of hydrogen-bond donors (Lipinski definition) is 0. The van der Waals surface area contributed by atoms with Crippen molar-refractivity contribution < 1.29 is 19.1 Å². The monoisotopic (exact) mass is 267 g/mol. The summed E-state index contributed by atoms with van der Waals surface area (Å²) in [6.45, 7) is 4.68. The molecule has 0 N–H and O–H groups in total. The minimum absolute atomic E-state index is 0.0211.